The standard InChI is InChI=1S/C7H3F2IO/c8-5-1-2-6(10)7(9)4(5)3-11/h1-3H. The number of aldehydes is 1. The molecule has 1 aromatic carbocycles. The first-order valence-corrected chi connectivity index (χ1v) is 3.83. The van der Waals surface area contributed by atoms with E-state index in [1.165, 1.54) is 6.07 Å². The Morgan fingerprint density at radius 1 is 1.36 bits per heavy atom. The second kappa shape index (κ2) is 3.25. The highest BCUT2D eigenvalue weighted by atomic mass is 127. The van der Waals surface area contributed by atoms with Crippen LogP contribution in [0.1, 0.15) is 10.4 Å². The highest BCUT2D eigenvalue weighted by Crippen LogP contribution is 2.16. The molecule has 4 heteroatoms. The molecule has 1 aromatic rings. The number of hydrogen-bond donors (Lipinski definition) is 0. The quantitative estimate of drug-likeness (QED) is 0.434. The van der Waals surface area contributed by atoms with E-state index in [9.17, 15) is 13.6 Å². The predicted octanol–water partition coefficient (Wildman–Crippen LogP) is 2.38. The summed E-state index contributed by atoms with van der Waals surface area (Å²) < 4.78 is 25.6. The first kappa shape index (κ1) is 8.58. The van der Waals surface area contributed by atoms with Crippen molar-refractivity contribution < 1.29 is 13.6 Å². The van der Waals surface area contributed by atoms with Gasteiger partial charge in [-0.3, -0.25) is 4.79 Å². The number of benzene rings is 1. The van der Waals surface area contributed by atoms with Crippen LogP contribution in [0, 0.1) is 15.2 Å². The van der Waals surface area contributed by atoms with Crippen molar-refractivity contribution in [3.63, 3.8) is 0 Å². The Hall–Kier alpha value is -0.520. The van der Waals surface area contributed by atoms with Gasteiger partial charge in [0.2, 0.25) is 0 Å². The Bertz CT molecular complexity index is 299. The van der Waals surface area contributed by atoms with Crippen LogP contribution in [-0.4, -0.2) is 6.29 Å². The largest absolute Gasteiger partial charge is 0.298 e. The van der Waals surface area contributed by atoms with Gasteiger partial charge in [-0.15, -0.1) is 0 Å². The second-order valence-corrected chi connectivity index (χ2v) is 3.04. The van der Waals surface area contributed by atoms with Gasteiger partial charge in [0.25, 0.3) is 0 Å². The Kier molecular flexibility index (Phi) is 2.53. The van der Waals surface area contributed by atoms with Crippen LogP contribution in [0.3, 0.4) is 0 Å². The van der Waals surface area contributed by atoms with E-state index in [-0.39, 0.29) is 9.86 Å². The van der Waals surface area contributed by atoms with Crippen LogP contribution in [0.25, 0.3) is 0 Å². The number of carbonyl (C=O) groups is 1. The van der Waals surface area contributed by atoms with Crippen LogP contribution in [0.5, 0.6) is 0 Å². The summed E-state index contributed by atoms with van der Waals surface area (Å²) in [6, 6.07) is 2.34. The minimum atomic E-state index is -0.821. The van der Waals surface area contributed by atoms with Crippen molar-refractivity contribution >= 4 is 28.9 Å². The van der Waals surface area contributed by atoms with E-state index in [4.69, 9.17) is 0 Å². The summed E-state index contributed by atoms with van der Waals surface area (Å²) in [5, 5.41) is 0. The maximum atomic E-state index is 12.8. The molecule has 0 fully saturated rings. The highest BCUT2D eigenvalue weighted by molar-refractivity contribution is 14.1. The third kappa shape index (κ3) is 1.55. The fourth-order valence-corrected chi connectivity index (χ4v) is 1.12. The third-order valence-electron chi connectivity index (χ3n) is 1.20. The lowest BCUT2D eigenvalue weighted by Gasteiger charge is -1.97. The topological polar surface area (TPSA) is 17.1 Å². The van der Waals surface area contributed by atoms with Crippen molar-refractivity contribution in [1.29, 1.82) is 0 Å². The smallest absolute Gasteiger partial charge is 0.156 e. The fraction of sp³-hybridized carbons (Fsp3) is 0. The lowest BCUT2D eigenvalue weighted by molar-refractivity contribution is 0.111. The highest BCUT2D eigenvalue weighted by Gasteiger charge is 2.10. The van der Waals surface area contributed by atoms with Crippen LogP contribution in [0.15, 0.2) is 12.1 Å². The van der Waals surface area contributed by atoms with Gasteiger partial charge in [0, 0.05) is 3.57 Å². The summed E-state index contributed by atoms with van der Waals surface area (Å²) in [5.74, 6) is -1.61. The molecule has 0 saturated carbocycles. The normalized spacial score (nSPS) is 9.73. The van der Waals surface area contributed by atoms with Gasteiger partial charge in [0.15, 0.2) is 6.29 Å². The number of rotatable bonds is 1. The van der Waals surface area contributed by atoms with Crippen LogP contribution in [0.4, 0.5) is 8.78 Å². The SMILES string of the molecule is O=Cc1c(F)ccc(I)c1F. The average molecular weight is 268 g/mol. The van der Waals surface area contributed by atoms with Crippen molar-refractivity contribution in [2.24, 2.45) is 0 Å². The van der Waals surface area contributed by atoms with Gasteiger partial charge >= 0.3 is 0 Å². The summed E-state index contributed by atoms with van der Waals surface area (Å²) in [5.41, 5.74) is -0.503. The molecular weight excluding hydrogens is 265 g/mol. The molecule has 0 bridgehead atoms. The molecule has 0 atom stereocenters. The zero-order valence-electron chi connectivity index (χ0n) is 5.27. The molecule has 0 spiro atoms. The molecule has 0 heterocycles. The number of carbonyl (C=O) groups excluding carboxylic acids is 1. The van der Waals surface area contributed by atoms with E-state index in [1.54, 1.807) is 22.6 Å². The molecular formula is C7H3F2IO. The van der Waals surface area contributed by atoms with Crippen molar-refractivity contribution in [3.8, 4) is 0 Å². The molecule has 0 saturated heterocycles. The van der Waals surface area contributed by atoms with Gasteiger partial charge in [-0.1, -0.05) is 0 Å². The van der Waals surface area contributed by atoms with E-state index in [1.807, 2.05) is 0 Å². The van der Waals surface area contributed by atoms with Crippen LogP contribution >= 0.6 is 22.6 Å². The van der Waals surface area contributed by atoms with Gasteiger partial charge in [-0.05, 0) is 34.7 Å². The molecule has 0 aromatic heterocycles. The van der Waals surface area contributed by atoms with Crippen molar-refractivity contribution in [2.45, 2.75) is 0 Å². The first-order valence-electron chi connectivity index (χ1n) is 2.75. The molecule has 0 aliphatic carbocycles. The minimum absolute atomic E-state index is 0.173. The molecule has 58 valence electrons. The molecule has 1 rings (SSSR count). The van der Waals surface area contributed by atoms with Gasteiger partial charge in [-0.2, -0.15) is 0 Å². The molecule has 0 aliphatic rings. The van der Waals surface area contributed by atoms with Gasteiger partial charge < -0.3 is 0 Å². The van der Waals surface area contributed by atoms with Gasteiger partial charge in [0.1, 0.15) is 11.6 Å². The Balaban J connectivity index is 3.40. The number of halogens is 3. The van der Waals surface area contributed by atoms with E-state index in [0.717, 1.165) is 6.07 Å². The van der Waals surface area contributed by atoms with E-state index in [2.05, 4.69) is 0 Å². The minimum Gasteiger partial charge on any atom is -0.298 e. The second-order valence-electron chi connectivity index (χ2n) is 1.87. The summed E-state index contributed by atoms with van der Waals surface area (Å²) >= 11 is 1.69. The van der Waals surface area contributed by atoms with Crippen molar-refractivity contribution in [3.05, 3.63) is 32.9 Å². The zero-order valence-corrected chi connectivity index (χ0v) is 7.43. The van der Waals surface area contributed by atoms with Crippen LogP contribution in [0.2, 0.25) is 0 Å². The maximum absolute atomic E-state index is 12.8. The third-order valence-corrected chi connectivity index (χ3v) is 2.03. The van der Waals surface area contributed by atoms with Crippen LogP contribution < -0.4 is 0 Å². The monoisotopic (exact) mass is 268 g/mol. The first-order chi connectivity index (χ1) is 5.16. The summed E-state index contributed by atoms with van der Waals surface area (Å²) in [6.45, 7) is 0. The summed E-state index contributed by atoms with van der Waals surface area (Å²) in [4.78, 5) is 10.1. The Labute approximate surface area is 75.6 Å². The van der Waals surface area contributed by atoms with Gasteiger partial charge in [-0.25, -0.2) is 8.78 Å². The van der Waals surface area contributed by atoms with Crippen LogP contribution in [-0.2, 0) is 0 Å². The molecule has 1 nitrogen and oxygen atoms in total. The Morgan fingerprint density at radius 3 is 2.45 bits per heavy atom. The lowest BCUT2D eigenvalue weighted by Crippen LogP contribution is -1.95. The molecule has 0 radical (unpaired) electrons. The van der Waals surface area contributed by atoms with E-state index >= 15 is 0 Å². The van der Waals surface area contributed by atoms with Gasteiger partial charge in [0.05, 0.1) is 5.56 Å². The molecule has 0 unspecified atom stereocenters. The Morgan fingerprint density at radius 2 is 2.00 bits per heavy atom. The molecule has 0 amide bonds. The predicted molar refractivity (Wildman–Crippen MR) is 44.5 cm³/mol. The number of hydrogen-bond acceptors (Lipinski definition) is 1. The van der Waals surface area contributed by atoms with E-state index < -0.39 is 17.2 Å². The fourth-order valence-electron chi connectivity index (χ4n) is 0.651. The molecule has 0 aliphatic heterocycles. The lowest BCUT2D eigenvalue weighted by atomic mass is 10.2. The maximum Gasteiger partial charge on any atom is 0.156 e. The zero-order chi connectivity index (χ0) is 8.43. The van der Waals surface area contributed by atoms with Crippen molar-refractivity contribution in [2.75, 3.05) is 0 Å². The van der Waals surface area contributed by atoms with Crippen molar-refractivity contribution in [1.82, 2.24) is 0 Å². The molecule has 11 heavy (non-hydrogen) atoms. The summed E-state index contributed by atoms with van der Waals surface area (Å²) in [6.07, 6.45) is 0.173. The summed E-state index contributed by atoms with van der Waals surface area (Å²) in [7, 11) is 0. The molecule has 0 N–H and O–H groups in total. The average Bonchev–Trinajstić information content (AvgIpc) is 1.99. The van der Waals surface area contributed by atoms with E-state index in [0.29, 0.717) is 0 Å².